The molecule has 2 aliphatic rings. The van der Waals surface area contributed by atoms with Crippen LogP contribution in [0.2, 0.25) is 0 Å². The van der Waals surface area contributed by atoms with Crippen LogP contribution in [0.1, 0.15) is 13.8 Å². The summed E-state index contributed by atoms with van der Waals surface area (Å²) in [6.45, 7) is 3.40. The van der Waals surface area contributed by atoms with Crippen LogP contribution >= 0.6 is 0 Å². The Morgan fingerprint density at radius 1 is 1.43 bits per heavy atom. The van der Waals surface area contributed by atoms with Crippen molar-refractivity contribution in [2.24, 2.45) is 0 Å². The minimum atomic E-state index is -1.10. The van der Waals surface area contributed by atoms with E-state index in [0.29, 0.717) is 17.1 Å². The van der Waals surface area contributed by atoms with Crippen molar-refractivity contribution in [3.05, 3.63) is 40.4 Å². The molecule has 4 rings (SSSR count). The Kier molecular flexibility index (Phi) is 2.56. The van der Waals surface area contributed by atoms with Gasteiger partial charge in [0.1, 0.15) is 6.33 Å². The molecule has 0 saturated carbocycles. The highest BCUT2D eigenvalue weighted by Gasteiger charge is 2.47. The summed E-state index contributed by atoms with van der Waals surface area (Å²) in [4.78, 5) is 33.8. The molecule has 23 heavy (non-hydrogen) atoms. The van der Waals surface area contributed by atoms with Gasteiger partial charge in [0.15, 0.2) is 23.0 Å². The van der Waals surface area contributed by atoms with Crippen LogP contribution in [0, 0.1) is 0 Å². The van der Waals surface area contributed by atoms with E-state index in [1.54, 1.807) is 13.8 Å². The normalized spacial score (nSPS) is 22.2. The van der Waals surface area contributed by atoms with Gasteiger partial charge in [0.25, 0.3) is 5.56 Å². The maximum atomic E-state index is 11.8. The molecule has 1 fully saturated rings. The summed E-state index contributed by atoms with van der Waals surface area (Å²) in [5.74, 6) is -1.67. The third-order valence-electron chi connectivity index (χ3n) is 3.67. The van der Waals surface area contributed by atoms with E-state index in [0.717, 1.165) is 0 Å². The summed E-state index contributed by atoms with van der Waals surface area (Å²) in [6.07, 6.45) is 3.32. The molecule has 9 nitrogen and oxygen atoms in total. The number of allylic oxidation sites excluding steroid dienone is 2. The number of hydrogen-bond donors (Lipinski definition) is 2. The largest absolute Gasteiger partial charge is 0.478 e. The van der Waals surface area contributed by atoms with Gasteiger partial charge in [-0.1, -0.05) is 0 Å². The lowest BCUT2D eigenvalue weighted by atomic mass is 10.2. The van der Waals surface area contributed by atoms with Crippen molar-refractivity contribution < 1.29 is 19.4 Å². The van der Waals surface area contributed by atoms with Crippen LogP contribution in [-0.4, -0.2) is 42.5 Å². The Balaban J connectivity index is 1.95. The van der Waals surface area contributed by atoms with E-state index in [9.17, 15) is 14.7 Å². The number of aromatic nitrogens is 4. The quantitative estimate of drug-likeness (QED) is 0.826. The summed E-state index contributed by atoms with van der Waals surface area (Å²) in [5, 5.41) is 9.38. The fraction of sp³-hybridized carbons (Fsp3) is 0.286. The Bertz CT molecular complexity index is 965. The molecule has 118 valence electrons. The fourth-order valence-corrected chi connectivity index (χ4v) is 2.75. The average Bonchev–Trinajstić information content (AvgIpc) is 3.09. The van der Waals surface area contributed by atoms with Gasteiger partial charge >= 0.3 is 5.97 Å². The molecule has 3 heterocycles. The summed E-state index contributed by atoms with van der Waals surface area (Å²) >= 11 is 0. The highest BCUT2D eigenvalue weighted by molar-refractivity contribution is 5.95. The van der Waals surface area contributed by atoms with Crippen LogP contribution in [0.3, 0.4) is 0 Å². The van der Waals surface area contributed by atoms with E-state index in [-0.39, 0.29) is 16.6 Å². The van der Waals surface area contributed by atoms with Crippen molar-refractivity contribution >= 4 is 22.8 Å². The van der Waals surface area contributed by atoms with Crippen LogP contribution in [0.5, 0.6) is 0 Å². The molecular weight excluding hydrogens is 304 g/mol. The SMILES string of the molecule is CC1(C)OC2=C(n3cnc4c(=O)[nH]cnc43)C=C(C(=O)O)[C@@H]2O1. The highest BCUT2D eigenvalue weighted by Crippen LogP contribution is 2.43. The topological polar surface area (TPSA) is 119 Å². The van der Waals surface area contributed by atoms with Crippen molar-refractivity contribution in [1.29, 1.82) is 0 Å². The second-order valence-electron chi connectivity index (χ2n) is 5.67. The van der Waals surface area contributed by atoms with E-state index in [1.165, 1.54) is 23.3 Å². The number of H-pyrrole nitrogens is 1. The lowest BCUT2D eigenvalue weighted by Crippen LogP contribution is -2.24. The molecule has 0 radical (unpaired) electrons. The number of hydrogen-bond acceptors (Lipinski definition) is 6. The minimum Gasteiger partial charge on any atom is -0.478 e. The highest BCUT2D eigenvalue weighted by atomic mass is 16.7. The zero-order chi connectivity index (χ0) is 16.4. The van der Waals surface area contributed by atoms with E-state index in [4.69, 9.17) is 9.47 Å². The number of ether oxygens (including phenoxy) is 2. The predicted molar refractivity (Wildman–Crippen MR) is 77.1 cm³/mol. The van der Waals surface area contributed by atoms with Gasteiger partial charge in [0.05, 0.1) is 17.6 Å². The van der Waals surface area contributed by atoms with Crippen LogP contribution < -0.4 is 5.56 Å². The number of aliphatic carboxylic acids is 1. The van der Waals surface area contributed by atoms with Gasteiger partial charge < -0.3 is 19.6 Å². The molecule has 0 amide bonds. The number of nitrogens with zero attached hydrogens (tertiary/aromatic N) is 3. The molecule has 1 aliphatic heterocycles. The molecule has 2 aromatic rings. The van der Waals surface area contributed by atoms with Gasteiger partial charge in [0, 0.05) is 13.8 Å². The molecule has 2 N–H and O–H groups in total. The van der Waals surface area contributed by atoms with Gasteiger partial charge in [-0.2, -0.15) is 0 Å². The van der Waals surface area contributed by atoms with E-state index >= 15 is 0 Å². The number of aromatic amines is 1. The van der Waals surface area contributed by atoms with E-state index in [2.05, 4.69) is 15.0 Å². The molecule has 1 saturated heterocycles. The minimum absolute atomic E-state index is 0.0623. The van der Waals surface area contributed by atoms with Crippen molar-refractivity contribution in [1.82, 2.24) is 19.5 Å². The molecule has 0 bridgehead atoms. The van der Waals surface area contributed by atoms with Gasteiger partial charge in [-0.3, -0.25) is 9.36 Å². The number of nitrogens with one attached hydrogen (secondary N) is 1. The monoisotopic (exact) mass is 316 g/mol. The maximum absolute atomic E-state index is 11.8. The van der Waals surface area contributed by atoms with Crippen LogP contribution in [-0.2, 0) is 14.3 Å². The zero-order valence-corrected chi connectivity index (χ0v) is 12.2. The van der Waals surface area contributed by atoms with Crippen LogP contribution in [0.4, 0.5) is 0 Å². The molecule has 0 aromatic carbocycles. The van der Waals surface area contributed by atoms with Crippen LogP contribution in [0.25, 0.3) is 16.9 Å². The smallest absolute Gasteiger partial charge is 0.334 e. The molecule has 1 aliphatic carbocycles. The molecule has 0 unspecified atom stereocenters. The summed E-state index contributed by atoms with van der Waals surface area (Å²) in [5.41, 5.74) is 0.602. The molecular formula is C14H12N4O5. The number of rotatable bonds is 2. The van der Waals surface area contributed by atoms with Gasteiger partial charge in [-0.05, 0) is 6.08 Å². The molecule has 1 atom stereocenters. The van der Waals surface area contributed by atoms with Gasteiger partial charge in [-0.25, -0.2) is 14.8 Å². The predicted octanol–water partition coefficient (Wildman–Crippen LogP) is 0.464. The zero-order valence-electron chi connectivity index (χ0n) is 12.2. The van der Waals surface area contributed by atoms with Crippen molar-refractivity contribution in [3.8, 4) is 0 Å². The van der Waals surface area contributed by atoms with E-state index in [1.807, 2.05) is 0 Å². The van der Waals surface area contributed by atoms with E-state index < -0.39 is 17.9 Å². The molecule has 0 spiro atoms. The Hall–Kier alpha value is -2.94. The maximum Gasteiger partial charge on any atom is 0.334 e. The third-order valence-corrected chi connectivity index (χ3v) is 3.67. The second-order valence-corrected chi connectivity index (χ2v) is 5.67. The first-order chi connectivity index (χ1) is 10.9. The number of carbonyl (C=O) groups is 1. The van der Waals surface area contributed by atoms with Crippen molar-refractivity contribution in [2.75, 3.05) is 0 Å². The number of carboxylic acid groups (broad SMARTS) is 1. The fourth-order valence-electron chi connectivity index (χ4n) is 2.75. The number of carboxylic acids is 1. The Labute approximate surface area is 128 Å². The third kappa shape index (κ3) is 1.90. The van der Waals surface area contributed by atoms with Gasteiger partial charge in [-0.15, -0.1) is 0 Å². The Morgan fingerprint density at radius 3 is 2.96 bits per heavy atom. The number of imidazole rings is 1. The first-order valence-corrected chi connectivity index (χ1v) is 6.84. The molecule has 2 aromatic heterocycles. The first kappa shape index (κ1) is 13.7. The summed E-state index contributed by atoms with van der Waals surface area (Å²) in [7, 11) is 0. The lowest BCUT2D eigenvalue weighted by molar-refractivity contribution is -0.140. The lowest BCUT2D eigenvalue weighted by Gasteiger charge is -2.17. The second kappa shape index (κ2) is 4.29. The standard InChI is InChI=1S/C14H12N4O5/c1-14(2)22-9-6(13(20)21)3-7(10(9)23-14)18-5-17-8-11(18)15-4-16-12(8)19/h3-5,9H,1-2H3,(H,20,21)(H,15,16,19)/t9-/m0/s1. The first-order valence-electron chi connectivity index (χ1n) is 6.84. The molecule has 9 heteroatoms. The average molecular weight is 316 g/mol. The Morgan fingerprint density at radius 2 is 2.22 bits per heavy atom. The van der Waals surface area contributed by atoms with Crippen molar-refractivity contribution in [3.63, 3.8) is 0 Å². The van der Waals surface area contributed by atoms with Crippen molar-refractivity contribution in [2.45, 2.75) is 25.7 Å². The van der Waals surface area contributed by atoms with Gasteiger partial charge in [0.2, 0.25) is 5.79 Å². The summed E-state index contributed by atoms with van der Waals surface area (Å²) in [6, 6.07) is 0. The van der Waals surface area contributed by atoms with Crippen LogP contribution in [0.15, 0.2) is 34.9 Å². The number of fused-ring (bicyclic) bond motifs is 2. The summed E-state index contributed by atoms with van der Waals surface area (Å²) < 4.78 is 12.9.